The van der Waals surface area contributed by atoms with Crippen molar-refractivity contribution in [1.29, 1.82) is 5.26 Å². The molecule has 0 saturated carbocycles. The zero-order valence-electron chi connectivity index (χ0n) is 9.25. The van der Waals surface area contributed by atoms with Gasteiger partial charge in [0.2, 0.25) is 5.91 Å². The first-order valence-electron chi connectivity index (χ1n) is 5.09. The molecule has 0 aliphatic rings. The van der Waals surface area contributed by atoms with Crippen LogP contribution in [0.3, 0.4) is 0 Å². The topological polar surface area (TPSA) is 52.9 Å². The van der Waals surface area contributed by atoms with E-state index < -0.39 is 0 Å². The van der Waals surface area contributed by atoms with Gasteiger partial charge in [0.25, 0.3) is 0 Å². The molecule has 0 fully saturated rings. The number of anilines is 1. The van der Waals surface area contributed by atoms with E-state index in [0.717, 1.165) is 6.42 Å². The Morgan fingerprint density at radius 3 is 2.88 bits per heavy atom. The summed E-state index contributed by atoms with van der Waals surface area (Å²) in [5, 5.41) is 11.9. The molecule has 1 aromatic rings. The first kappa shape index (κ1) is 12.5. The van der Waals surface area contributed by atoms with Crippen LogP contribution < -0.4 is 5.32 Å². The van der Waals surface area contributed by atoms with Crippen molar-refractivity contribution in [1.82, 2.24) is 0 Å². The number of nitrogens with zero attached hydrogens (tertiary/aromatic N) is 1. The first-order chi connectivity index (χ1) is 7.58. The number of nitrogens with one attached hydrogen (secondary N) is 1. The summed E-state index contributed by atoms with van der Waals surface area (Å²) < 4.78 is 0. The van der Waals surface area contributed by atoms with Crippen LogP contribution in [0.2, 0.25) is 5.02 Å². The number of halogens is 1. The number of hydrogen-bond donors (Lipinski definition) is 1. The summed E-state index contributed by atoms with van der Waals surface area (Å²) in [6.07, 6.45) is 0.782. The normalized spacial score (nSPS) is 11.6. The molecule has 0 radical (unpaired) electrons. The lowest BCUT2D eigenvalue weighted by atomic mass is 10.1. The smallest absolute Gasteiger partial charge is 0.227 e. The van der Waals surface area contributed by atoms with Crippen LogP contribution in [0.15, 0.2) is 18.2 Å². The Hall–Kier alpha value is -1.53. The van der Waals surface area contributed by atoms with Crippen LogP contribution >= 0.6 is 11.6 Å². The molecule has 4 heteroatoms. The Morgan fingerprint density at radius 2 is 2.31 bits per heavy atom. The molecule has 0 aliphatic heterocycles. The molecule has 1 atom stereocenters. The van der Waals surface area contributed by atoms with Gasteiger partial charge in [-0.15, -0.1) is 0 Å². The maximum Gasteiger partial charge on any atom is 0.227 e. The van der Waals surface area contributed by atoms with Gasteiger partial charge in [-0.05, 0) is 24.6 Å². The van der Waals surface area contributed by atoms with Crippen LogP contribution in [0, 0.1) is 17.2 Å². The van der Waals surface area contributed by atoms with Crippen molar-refractivity contribution in [3.8, 4) is 6.07 Å². The minimum absolute atomic E-state index is 0.0405. The zero-order chi connectivity index (χ0) is 12.1. The van der Waals surface area contributed by atoms with Gasteiger partial charge in [-0.25, -0.2) is 0 Å². The van der Waals surface area contributed by atoms with Crippen molar-refractivity contribution in [3.05, 3.63) is 28.8 Å². The molecule has 1 aromatic carbocycles. The molecule has 0 spiro atoms. The summed E-state index contributed by atoms with van der Waals surface area (Å²) in [5.74, 6) is -0.0880. The fraction of sp³-hybridized carbons (Fsp3) is 0.333. The highest BCUT2D eigenvalue weighted by Gasteiger charge is 2.11. The number of carbonyl (C=O) groups excluding carboxylic acids is 1. The first-order valence-corrected chi connectivity index (χ1v) is 5.46. The lowest BCUT2D eigenvalue weighted by Gasteiger charge is -2.10. The van der Waals surface area contributed by atoms with Gasteiger partial charge in [-0.1, -0.05) is 25.4 Å². The number of nitriles is 1. The maximum atomic E-state index is 11.6. The molecular formula is C12H13ClN2O. The van der Waals surface area contributed by atoms with E-state index >= 15 is 0 Å². The second-order valence-electron chi connectivity index (χ2n) is 3.60. The quantitative estimate of drug-likeness (QED) is 0.876. The zero-order valence-corrected chi connectivity index (χ0v) is 10.0. The molecule has 0 heterocycles. The van der Waals surface area contributed by atoms with Gasteiger partial charge in [0, 0.05) is 11.6 Å². The van der Waals surface area contributed by atoms with Crippen molar-refractivity contribution in [2.24, 2.45) is 5.92 Å². The minimum Gasteiger partial charge on any atom is -0.326 e. The van der Waals surface area contributed by atoms with Crippen LogP contribution in [-0.2, 0) is 4.79 Å². The Morgan fingerprint density at radius 1 is 1.62 bits per heavy atom. The molecule has 0 bridgehead atoms. The summed E-state index contributed by atoms with van der Waals surface area (Å²) in [5.41, 5.74) is 0.967. The minimum atomic E-state index is -0.0475. The molecule has 1 rings (SSSR count). The van der Waals surface area contributed by atoms with Crippen LogP contribution in [0.25, 0.3) is 0 Å². The van der Waals surface area contributed by atoms with Crippen LogP contribution in [0.5, 0.6) is 0 Å². The second-order valence-corrected chi connectivity index (χ2v) is 4.01. The van der Waals surface area contributed by atoms with E-state index in [1.807, 2.05) is 19.9 Å². The van der Waals surface area contributed by atoms with Gasteiger partial charge < -0.3 is 5.32 Å². The third-order valence-corrected chi connectivity index (χ3v) is 2.74. The lowest BCUT2D eigenvalue weighted by Crippen LogP contribution is -2.19. The van der Waals surface area contributed by atoms with Crippen molar-refractivity contribution in [2.75, 3.05) is 5.32 Å². The van der Waals surface area contributed by atoms with Gasteiger partial charge >= 0.3 is 0 Å². The predicted octanol–water partition coefficient (Wildman–Crippen LogP) is 3.20. The number of carbonyl (C=O) groups is 1. The highest BCUT2D eigenvalue weighted by Crippen LogP contribution is 2.20. The van der Waals surface area contributed by atoms with Crippen molar-refractivity contribution in [3.63, 3.8) is 0 Å². The average molecular weight is 237 g/mol. The highest BCUT2D eigenvalue weighted by molar-refractivity contribution is 6.31. The molecular weight excluding hydrogens is 224 g/mol. The van der Waals surface area contributed by atoms with Crippen LogP contribution in [-0.4, -0.2) is 5.91 Å². The number of benzene rings is 1. The fourth-order valence-corrected chi connectivity index (χ4v) is 1.30. The molecule has 1 amide bonds. The average Bonchev–Trinajstić information content (AvgIpc) is 2.30. The summed E-state index contributed by atoms with van der Waals surface area (Å²) in [6, 6.07) is 6.83. The monoisotopic (exact) mass is 236 g/mol. The number of amides is 1. The van der Waals surface area contributed by atoms with Gasteiger partial charge in [0.1, 0.15) is 6.07 Å². The maximum absolute atomic E-state index is 11.6. The summed E-state index contributed by atoms with van der Waals surface area (Å²) in [7, 11) is 0. The second kappa shape index (κ2) is 5.53. The number of hydrogen-bond acceptors (Lipinski definition) is 2. The molecule has 1 unspecified atom stereocenters. The van der Waals surface area contributed by atoms with E-state index in [2.05, 4.69) is 5.32 Å². The van der Waals surface area contributed by atoms with Gasteiger partial charge in [-0.3, -0.25) is 4.79 Å². The van der Waals surface area contributed by atoms with Crippen molar-refractivity contribution in [2.45, 2.75) is 20.3 Å². The largest absolute Gasteiger partial charge is 0.326 e. The van der Waals surface area contributed by atoms with Crippen LogP contribution in [0.4, 0.5) is 5.69 Å². The van der Waals surface area contributed by atoms with E-state index in [1.54, 1.807) is 18.2 Å². The van der Waals surface area contributed by atoms with Gasteiger partial charge in [0.15, 0.2) is 0 Å². The molecule has 0 aliphatic carbocycles. The van der Waals surface area contributed by atoms with Gasteiger partial charge in [-0.2, -0.15) is 5.26 Å². The Labute approximate surface area is 100 Å². The van der Waals surface area contributed by atoms with E-state index in [-0.39, 0.29) is 11.8 Å². The van der Waals surface area contributed by atoms with Crippen LogP contribution in [0.1, 0.15) is 25.8 Å². The standard InChI is InChI=1S/C12H13ClN2O/c1-3-8(2)12(16)15-10-4-5-11(13)9(6-10)7-14/h4-6,8H,3H2,1-2H3,(H,15,16). The molecule has 0 saturated heterocycles. The summed E-state index contributed by atoms with van der Waals surface area (Å²) in [4.78, 5) is 11.6. The summed E-state index contributed by atoms with van der Waals surface area (Å²) in [6.45, 7) is 3.81. The van der Waals surface area contributed by atoms with Crippen molar-refractivity contribution >= 4 is 23.2 Å². The summed E-state index contributed by atoms with van der Waals surface area (Å²) >= 11 is 5.79. The van der Waals surface area contributed by atoms with Crippen molar-refractivity contribution < 1.29 is 4.79 Å². The third-order valence-electron chi connectivity index (χ3n) is 2.41. The molecule has 16 heavy (non-hydrogen) atoms. The van der Waals surface area contributed by atoms with Gasteiger partial charge in [0.05, 0.1) is 10.6 Å². The Kier molecular flexibility index (Phi) is 4.33. The van der Waals surface area contributed by atoms with E-state index in [0.29, 0.717) is 16.3 Å². The molecule has 84 valence electrons. The third kappa shape index (κ3) is 2.98. The SMILES string of the molecule is CCC(C)C(=O)Nc1ccc(Cl)c(C#N)c1. The predicted molar refractivity (Wildman–Crippen MR) is 64.3 cm³/mol. The molecule has 0 aromatic heterocycles. The Balaban J connectivity index is 2.83. The van der Waals surface area contributed by atoms with E-state index in [1.165, 1.54) is 0 Å². The Bertz CT molecular complexity index is 437. The molecule has 3 nitrogen and oxygen atoms in total. The number of rotatable bonds is 3. The van der Waals surface area contributed by atoms with E-state index in [9.17, 15) is 4.79 Å². The van der Waals surface area contributed by atoms with E-state index in [4.69, 9.17) is 16.9 Å². The fourth-order valence-electron chi connectivity index (χ4n) is 1.14. The molecule has 1 N–H and O–H groups in total. The highest BCUT2D eigenvalue weighted by atomic mass is 35.5. The lowest BCUT2D eigenvalue weighted by molar-refractivity contribution is -0.119.